The third-order valence-electron chi connectivity index (χ3n) is 4.39. The number of amides is 2. The summed E-state index contributed by atoms with van der Waals surface area (Å²) in [6, 6.07) is 4.64. The molecule has 2 heterocycles. The molecule has 0 aromatic carbocycles. The van der Waals surface area contributed by atoms with Crippen molar-refractivity contribution in [1.29, 1.82) is 0 Å². The topological polar surface area (TPSA) is 37.3 Å². The van der Waals surface area contributed by atoms with Gasteiger partial charge in [0.1, 0.15) is 0 Å². The zero-order valence-corrected chi connectivity index (χ0v) is 13.8. The lowest BCUT2D eigenvalue weighted by Crippen LogP contribution is -2.48. The third kappa shape index (κ3) is 4.02. The van der Waals surface area contributed by atoms with E-state index in [2.05, 4.69) is 55.9 Å². The number of aromatic nitrogens is 1. The molecule has 1 aromatic rings. The largest absolute Gasteiger partial charge is 0.348 e. The van der Waals surface area contributed by atoms with Gasteiger partial charge in [0.25, 0.3) is 0 Å². The molecule has 0 bridgehead atoms. The first-order valence-electron chi connectivity index (χ1n) is 8.21. The molecule has 21 heavy (non-hydrogen) atoms. The van der Waals surface area contributed by atoms with Crippen LogP contribution in [-0.2, 0) is 6.54 Å². The van der Waals surface area contributed by atoms with Crippen molar-refractivity contribution < 1.29 is 4.79 Å². The fourth-order valence-electron chi connectivity index (χ4n) is 3.05. The molecule has 1 N–H and O–H groups in total. The van der Waals surface area contributed by atoms with E-state index in [0.29, 0.717) is 0 Å². The van der Waals surface area contributed by atoms with E-state index in [0.717, 1.165) is 25.4 Å². The number of nitrogens with one attached hydrogen (secondary N) is 1. The van der Waals surface area contributed by atoms with E-state index >= 15 is 0 Å². The Kier molecular flexibility index (Phi) is 5.32. The maximum absolute atomic E-state index is 12.5. The molecule has 0 aliphatic carbocycles. The summed E-state index contributed by atoms with van der Waals surface area (Å²) >= 11 is 0. The van der Waals surface area contributed by atoms with E-state index < -0.39 is 0 Å². The van der Waals surface area contributed by atoms with Crippen molar-refractivity contribution >= 4 is 6.03 Å². The first kappa shape index (κ1) is 15.9. The fraction of sp³-hybridized carbons (Fsp3) is 0.706. The van der Waals surface area contributed by atoms with Crippen LogP contribution in [0.2, 0.25) is 0 Å². The minimum absolute atomic E-state index is 0.0759. The predicted molar refractivity (Wildman–Crippen MR) is 86.2 cm³/mol. The smallest absolute Gasteiger partial charge is 0.318 e. The van der Waals surface area contributed by atoms with Crippen LogP contribution in [0.3, 0.4) is 0 Å². The maximum atomic E-state index is 12.5. The molecule has 0 spiro atoms. The van der Waals surface area contributed by atoms with Crippen LogP contribution in [-0.4, -0.2) is 28.1 Å². The zero-order chi connectivity index (χ0) is 15.4. The average Bonchev–Trinajstić information content (AvgIpc) is 2.87. The highest BCUT2D eigenvalue weighted by Crippen LogP contribution is 2.25. The average molecular weight is 291 g/mol. The van der Waals surface area contributed by atoms with Crippen LogP contribution in [0.1, 0.15) is 58.7 Å². The van der Waals surface area contributed by atoms with Gasteiger partial charge in [-0.3, -0.25) is 0 Å². The Hall–Kier alpha value is -1.45. The van der Waals surface area contributed by atoms with E-state index in [9.17, 15) is 4.79 Å². The van der Waals surface area contributed by atoms with Gasteiger partial charge in [0.15, 0.2) is 0 Å². The minimum atomic E-state index is 0.0759. The molecule has 2 atom stereocenters. The Labute approximate surface area is 128 Å². The van der Waals surface area contributed by atoms with Crippen LogP contribution in [0.25, 0.3) is 0 Å². The summed E-state index contributed by atoms with van der Waals surface area (Å²) < 4.78 is 2.24. The van der Waals surface area contributed by atoms with Crippen LogP contribution >= 0.6 is 0 Å². The molecule has 0 radical (unpaired) electrons. The van der Waals surface area contributed by atoms with Crippen LogP contribution in [0, 0.1) is 5.92 Å². The van der Waals surface area contributed by atoms with Crippen molar-refractivity contribution in [3.8, 4) is 0 Å². The summed E-state index contributed by atoms with van der Waals surface area (Å²) in [5.41, 5.74) is 1.23. The van der Waals surface area contributed by atoms with Gasteiger partial charge >= 0.3 is 6.03 Å². The lowest BCUT2D eigenvalue weighted by molar-refractivity contribution is 0.159. The number of carbonyl (C=O) groups is 1. The van der Waals surface area contributed by atoms with E-state index in [1.165, 1.54) is 18.5 Å². The number of hydrogen-bond donors (Lipinski definition) is 1. The van der Waals surface area contributed by atoms with Crippen molar-refractivity contribution in [2.24, 2.45) is 5.92 Å². The molecule has 4 nitrogen and oxygen atoms in total. The molecular formula is C17H29N3O. The maximum Gasteiger partial charge on any atom is 0.318 e. The summed E-state index contributed by atoms with van der Waals surface area (Å²) in [6.45, 7) is 10.4. The first-order chi connectivity index (χ1) is 9.99. The molecule has 2 rings (SSSR count). The SMILES string of the molecule is CC(C)CCCC(C)NC(=O)N1CCn2cccc2C1C. The highest BCUT2D eigenvalue weighted by Gasteiger charge is 2.27. The highest BCUT2D eigenvalue weighted by atomic mass is 16.2. The normalized spacial score (nSPS) is 19.5. The molecule has 0 fully saturated rings. The Bertz CT molecular complexity index is 466. The van der Waals surface area contributed by atoms with Crippen LogP contribution in [0.5, 0.6) is 0 Å². The van der Waals surface area contributed by atoms with Crippen molar-refractivity contribution in [1.82, 2.24) is 14.8 Å². The van der Waals surface area contributed by atoms with E-state index in [1.807, 2.05) is 4.90 Å². The van der Waals surface area contributed by atoms with Gasteiger partial charge in [-0.1, -0.05) is 26.7 Å². The van der Waals surface area contributed by atoms with Crippen LogP contribution in [0.15, 0.2) is 18.3 Å². The predicted octanol–water partition coefficient (Wildman–Crippen LogP) is 3.79. The molecule has 1 aromatic heterocycles. The number of rotatable bonds is 5. The molecular weight excluding hydrogens is 262 g/mol. The fourth-order valence-corrected chi connectivity index (χ4v) is 3.05. The molecule has 2 amide bonds. The van der Waals surface area contributed by atoms with E-state index in [1.54, 1.807) is 0 Å². The monoisotopic (exact) mass is 291 g/mol. The number of carbonyl (C=O) groups excluding carboxylic acids is 1. The van der Waals surface area contributed by atoms with Crippen molar-refractivity contribution in [2.75, 3.05) is 6.54 Å². The Balaban J connectivity index is 1.84. The lowest BCUT2D eigenvalue weighted by Gasteiger charge is -2.35. The number of urea groups is 1. The molecule has 0 saturated carbocycles. The van der Waals surface area contributed by atoms with Crippen molar-refractivity contribution in [3.63, 3.8) is 0 Å². The van der Waals surface area contributed by atoms with Gasteiger partial charge in [-0.15, -0.1) is 0 Å². The second-order valence-corrected chi connectivity index (χ2v) is 6.67. The van der Waals surface area contributed by atoms with Crippen molar-refractivity contribution in [2.45, 2.75) is 65.6 Å². The minimum Gasteiger partial charge on any atom is -0.348 e. The Morgan fingerprint density at radius 1 is 1.33 bits per heavy atom. The number of fused-ring (bicyclic) bond motifs is 1. The Morgan fingerprint density at radius 2 is 2.10 bits per heavy atom. The molecule has 1 aliphatic heterocycles. The van der Waals surface area contributed by atoms with Crippen LogP contribution < -0.4 is 5.32 Å². The van der Waals surface area contributed by atoms with Gasteiger partial charge in [0.05, 0.1) is 6.04 Å². The second-order valence-electron chi connectivity index (χ2n) is 6.67. The molecule has 2 unspecified atom stereocenters. The third-order valence-corrected chi connectivity index (χ3v) is 4.39. The summed E-state index contributed by atoms with van der Waals surface area (Å²) in [6.07, 6.45) is 5.56. The molecule has 118 valence electrons. The Morgan fingerprint density at radius 3 is 2.81 bits per heavy atom. The summed E-state index contributed by atoms with van der Waals surface area (Å²) in [5, 5.41) is 3.15. The van der Waals surface area contributed by atoms with Crippen LogP contribution in [0.4, 0.5) is 4.79 Å². The number of nitrogens with zero attached hydrogens (tertiary/aromatic N) is 2. The summed E-state index contributed by atoms with van der Waals surface area (Å²) in [7, 11) is 0. The lowest BCUT2D eigenvalue weighted by atomic mass is 10.0. The molecule has 4 heteroatoms. The van der Waals surface area contributed by atoms with E-state index in [4.69, 9.17) is 0 Å². The van der Waals surface area contributed by atoms with Gasteiger partial charge in [-0.05, 0) is 38.3 Å². The van der Waals surface area contributed by atoms with E-state index in [-0.39, 0.29) is 18.1 Å². The standard InChI is InChI=1S/C17H29N3O/c1-13(2)7-5-8-14(3)18-17(21)20-12-11-19-10-6-9-16(19)15(20)4/h6,9-10,13-15H,5,7-8,11-12H2,1-4H3,(H,18,21). The summed E-state index contributed by atoms with van der Waals surface area (Å²) in [4.78, 5) is 14.4. The molecule has 1 aliphatic rings. The zero-order valence-electron chi connectivity index (χ0n) is 13.8. The quantitative estimate of drug-likeness (QED) is 0.880. The van der Waals surface area contributed by atoms with Gasteiger partial charge < -0.3 is 14.8 Å². The van der Waals surface area contributed by atoms with Gasteiger partial charge in [0.2, 0.25) is 0 Å². The van der Waals surface area contributed by atoms with Gasteiger partial charge in [-0.2, -0.15) is 0 Å². The second kappa shape index (κ2) is 7.01. The van der Waals surface area contributed by atoms with Gasteiger partial charge in [0, 0.05) is 31.0 Å². The highest BCUT2D eigenvalue weighted by molar-refractivity contribution is 5.75. The number of hydrogen-bond acceptors (Lipinski definition) is 1. The van der Waals surface area contributed by atoms with Gasteiger partial charge in [-0.25, -0.2) is 4.79 Å². The van der Waals surface area contributed by atoms with Crippen molar-refractivity contribution in [3.05, 3.63) is 24.0 Å². The molecule has 0 saturated heterocycles. The summed E-state index contributed by atoms with van der Waals surface area (Å²) in [5.74, 6) is 0.739. The first-order valence-corrected chi connectivity index (χ1v) is 8.21.